The molecular weight excluding hydrogens is 200 g/mol. The van der Waals surface area contributed by atoms with Gasteiger partial charge in [-0.15, -0.1) is 0 Å². The van der Waals surface area contributed by atoms with E-state index >= 15 is 0 Å². The standard InChI is InChI=1S/C12H16N4/c1-4-10-11(5-2)15-12(8-13-10)16-9(3)6-7-14-16/h4-8,13,15H,1-3H3. The first-order chi connectivity index (χ1) is 7.76. The van der Waals surface area contributed by atoms with Crippen LogP contribution in [0.3, 0.4) is 0 Å². The minimum Gasteiger partial charge on any atom is -0.357 e. The van der Waals surface area contributed by atoms with Gasteiger partial charge in [0.1, 0.15) is 5.82 Å². The molecule has 84 valence electrons. The van der Waals surface area contributed by atoms with Crippen LogP contribution in [-0.2, 0) is 0 Å². The smallest absolute Gasteiger partial charge is 0.148 e. The topological polar surface area (TPSA) is 41.9 Å². The summed E-state index contributed by atoms with van der Waals surface area (Å²) in [6.45, 7) is 6.04. The van der Waals surface area contributed by atoms with Crippen molar-refractivity contribution in [2.24, 2.45) is 0 Å². The first-order valence-electron chi connectivity index (χ1n) is 5.34. The molecule has 16 heavy (non-hydrogen) atoms. The summed E-state index contributed by atoms with van der Waals surface area (Å²) in [4.78, 5) is 0. The molecule has 2 heterocycles. The number of hydrogen-bond acceptors (Lipinski definition) is 3. The number of aromatic nitrogens is 2. The molecule has 2 N–H and O–H groups in total. The van der Waals surface area contributed by atoms with Crippen molar-refractivity contribution in [1.29, 1.82) is 0 Å². The maximum absolute atomic E-state index is 4.26. The Morgan fingerprint density at radius 2 is 2.00 bits per heavy atom. The van der Waals surface area contributed by atoms with Crippen LogP contribution in [0.2, 0.25) is 0 Å². The summed E-state index contributed by atoms with van der Waals surface area (Å²) in [5.74, 6) is 0.932. The summed E-state index contributed by atoms with van der Waals surface area (Å²) in [6.07, 6.45) is 7.78. The highest BCUT2D eigenvalue weighted by atomic mass is 15.4. The number of rotatable bonds is 1. The van der Waals surface area contributed by atoms with E-state index in [4.69, 9.17) is 0 Å². The Morgan fingerprint density at radius 3 is 2.56 bits per heavy atom. The predicted molar refractivity (Wildman–Crippen MR) is 65.0 cm³/mol. The van der Waals surface area contributed by atoms with Gasteiger partial charge in [-0.25, -0.2) is 4.68 Å². The van der Waals surface area contributed by atoms with Gasteiger partial charge in [0, 0.05) is 18.1 Å². The van der Waals surface area contributed by atoms with Crippen LogP contribution in [0.25, 0.3) is 5.82 Å². The molecule has 0 bridgehead atoms. The van der Waals surface area contributed by atoms with Gasteiger partial charge in [0.05, 0.1) is 11.4 Å². The third-order valence-electron chi connectivity index (χ3n) is 2.55. The van der Waals surface area contributed by atoms with E-state index in [0.717, 1.165) is 22.9 Å². The molecule has 0 atom stereocenters. The molecule has 1 aliphatic heterocycles. The number of hydrogen-bond donors (Lipinski definition) is 2. The Labute approximate surface area is 95.3 Å². The number of nitrogens with one attached hydrogen (secondary N) is 2. The second-order valence-corrected chi connectivity index (χ2v) is 3.59. The molecular formula is C12H16N4. The van der Waals surface area contributed by atoms with Crippen molar-refractivity contribution in [1.82, 2.24) is 20.4 Å². The van der Waals surface area contributed by atoms with Crippen LogP contribution >= 0.6 is 0 Å². The molecule has 0 aliphatic carbocycles. The zero-order valence-electron chi connectivity index (χ0n) is 9.78. The van der Waals surface area contributed by atoms with E-state index < -0.39 is 0 Å². The third-order valence-corrected chi connectivity index (χ3v) is 2.55. The average Bonchev–Trinajstić information content (AvgIpc) is 2.74. The second-order valence-electron chi connectivity index (χ2n) is 3.59. The maximum atomic E-state index is 4.26. The van der Waals surface area contributed by atoms with Crippen molar-refractivity contribution in [2.75, 3.05) is 0 Å². The zero-order valence-corrected chi connectivity index (χ0v) is 9.78. The molecule has 0 fully saturated rings. The molecule has 1 aromatic heterocycles. The van der Waals surface area contributed by atoms with Crippen molar-refractivity contribution in [3.05, 3.63) is 47.7 Å². The van der Waals surface area contributed by atoms with E-state index in [9.17, 15) is 0 Å². The van der Waals surface area contributed by atoms with Crippen LogP contribution in [0.4, 0.5) is 0 Å². The fourth-order valence-electron chi connectivity index (χ4n) is 1.67. The quantitative estimate of drug-likeness (QED) is 0.754. The summed E-state index contributed by atoms with van der Waals surface area (Å²) in [6, 6.07) is 1.98. The zero-order chi connectivity index (χ0) is 11.5. The van der Waals surface area contributed by atoms with Gasteiger partial charge in [-0.05, 0) is 26.8 Å². The van der Waals surface area contributed by atoms with Gasteiger partial charge >= 0.3 is 0 Å². The lowest BCUT2D eigenvalue weighted by Crippen LogP contribution is -2.29. The largest absolute Gasteiger partial charge is 0.357 e. The van der Waals surface area contributed by atoms with Gasteiger partial charge in [-0.1, -0.05) is 12.2 Å². The first kappa shape index (κ1) is 10.5. The van der Waals surface area contributed by atoms with E-state index in [-0.39, 0.29) is 0 Å². The molecule has 0 radical (unpaired) electrons. The molecule has 1 aliphatic rings. The minimum atomic E-state index is 0.932. The molecule has 0 amide bonds. The summed E-state index contributed by atoms with van der Waals surface area (Å²) in [7, 11) is 0. The van der Waals surface area contributed by atoms with Gasteiger partial charge in [0.25, 0.3) is 0 Å². The van der Waals surface area contributed by atoms with E-state index in [1.54, 1.807) is 6.20 Å². The average molecular weight is 216 g/mol. The molecule has 0 unspecified atom stereocenters. The molecule has 0 saturated heterocycles. The summed E-state index contributed by atoms with van der Waals surface area (Å²) >= 11 is 0. The van der Waals surface area contributed by atoms with E-state index in [0.29, 0.717) is 0 Å². The molecule has 0 aromatic carbocycles. The third kappa shape index (κ3) is 1.74. The predicted octanol–water partition coefficient (Wildman–Crippen LogP) is 1.95. The van der Waals surface area contributed by atoms with Crippen molar-refractivity contribution < 1.29 is 0 Å². The fourth-order valence-corrected chi connectivity index (χ4v) is 1.67. The number of nitrogens with zero attached hydrogens (tertiary/aromatic N) is 2. The van der Waals surface area contributed by atoms with Crippen LogP contribution in [0.1, 0.15) is 19.5 Å². The van der Waals surface area contributed by atoms with Gasteiger partial charge < -0.3 is 10.6 Å². The Bertz CT molecular complexity index is 477. The summed E-state index contributed by atoms with van der Waals surface area (Å²) in [5.41, 5.74) is 3.24. The highest BCUT2D eigenvalue weighted by Gasteiger charge is 2.13. The first-order valence-corrected chi connectivity index (χ1v) is 5.34. The Kier molecular flexibility index (Phi) is 2.81. The minimum absolute atomic E-state index is 0.932. The number of allylic oxidation sites excluding steroid dienone is 2. The van der Waals surface area contributed by atoms with Gasteiger partial charge in [-0.3, -0.25) is 0 Å². The SMILES string of the molecule is CC=C1NC=C(n2nccc2C)NC1=CC. The van der Waals surface area contributed by atoms with Crippen molar-refractivity contribution in [3.63, 3.8) is 0 Å². The second kappa shape index (κ2) is 4.26. The Morgan fingerprint density at radius 1 is 1.25 bits per heavy atom. The molecule has 2 rings (SSSR count). The van der Waals surface area contributed by atoms with E-state index in [1.807, 2.05) is 49.9 Å². The van der Waals surface area contributed by atoms with Crippen LogP contribution in [0.5, 0.6) is 0 Å². The highest BCUT2D eigenvalue weighted by molar-refractivity contribution is 5.53. The monoisotopic (exact) mass is 216 g/mol. The van der Waals surface area contributed by atoms with Crippen LogP contribution < -0.4 is 10.6 Å². The summed E-state index contributed by atoms with van der Waals surface area (Å²) < 4.78 is 1.86. The van der Waals surface area contributed by atoms with Crippen molar-refractivity contribution >= 4 is 5.82 Å². The lowest BCUT2D eigenvalue weighted by Gasteiger charge is -2.23. The van der Waals surface area contributed by atoms with E-state index in [1.165, 1.54) is 0 Å². The molecule has 1 aromatic rings. The lowest BCUT2D eigenvalue weighted by molar-refractivity contribution is 0.775. The van der Waals surface area contributed by atoms with Crippen LogP contribution in [0, 0.1) is 6.92 Å². The van der Waals surface area contributed by atoms with Gasteiger partial charge in [0.2, 0.25) is 0 Å². The normalized spacial score (nSPS) is 20.6. The van der Waals surface area contributed by atoms with E-state index in [2.05, 4.69) is 15.7 Å². The highest BCUT2D eigenvalue weighted by Crippen LogP contribution is 2.14. The Hall–Kier alpha value is -1.97. The summed E-state index contributed by atoms with van der Waals surface area (Å²) in [5, 5.41) is 10.8. The number of aryl methyl sites for hydroxylation is 1. The molecule has 0 saturated carbocycles. The van der Waals surface area contributed by atoms with Crippen LogP contribution in [-0.4, -0.2) is 9.78 Å². The Balaban J connectivity index is 2.34. The van der Waals surface area contributed by atoms with Crippen molar-refractivity contribution in [3.8, 4) is 0 Å². The molecule has 0 spiro atoms. The van der Waals surface area contributed by atoms with Gasteiger partial charge in [0.15, 0.2) is 0 Å². The maximum Gasteiger partial charge on any atom is 0.148 e. The fraction of sp³-hybridized carbons (Fsp3) is 0.250. The molecule has 4 nitrogen and oxygen atoms in total. The van der Waals surface area contributed by atoms with Crippen molar-refractivity contribution in [2.45, 2.75) is 20.8 Å². The van der Waals surface area contributed by atoms with Crippen LogP contribution in [0.15, 0.2) is 42.0 Å². The lowest BCUT2D eigenvalue weighted by atomic mass is 10.2. The molecule has 4 heteroatoms. The van der Waals surface area contributed by atoms with Gasteiger partial charge in [-0.2, -0.15) is 5.10 Å².